The normalized spacial score (nSPS) is 16.7. The van der Waals surface area contributed by atoms with E-state index in [9.17, 15) is 13.2 Å². The lowest BCUT2D eigenvalue weighted by Crippen LogP contribution is -2.09. The van der Waals surface area contributed by atoms with Gasteiger partial charge in [0, 0.05) is 17.2 Å². The van der Waals surface area contributed by atoms with Crippen molar-refractivity contribution in [2.45, 2.75) is 24.9 Å². The van der Waals surface area contributed by atoms with Crippen LogP contribution in [0.5, 0.6) is 0 Å². The van der Waals surface area contributed by atoms with Crippen LogP contribution in [-0.2, 0) is 6.18 Å². The van der Waals surface area contributed by atoms with E-state index in [0.717, 1.165) is 18.9 Å². The van der Waals surface area contributed by atoms with E-state index < -0.39 is 11.9 Å². The standard InChI is InChI=1S/C11H9F3N4/c12-11(13,14)10-4-7(9-5-15-18-17-9)3-8(16-10)6-1-2-6/h3-6H,1-2H2,(H,15,17,18)/i/hD. The first-order valence-electron chi connectivity index (χ1n) is 5.89. The summed E-state index contributed by atoms with van der Waals surface area (Å²) in [5, 5.41) is 7.82. The third-order valence-corrected chi connectivity index (χ3v) is 2.81. The number of pyridine rings is 1. The highest BCUT2D eigenvalue weighted by atomic mass is 19.4. The number of nitrogens with one attached hydrogen (secondary N) is 1. The molecule has 94 valence electrons. The van der Waals surface area contributed by atoms with E-state index >= 15 is 0 Å². The van der Waals surface area contributed by atoms with Crippen molar-refractivity contribution >= 4 is 0 Å². The second kappa shape index (κ2) is 3.79. The summed E-state index contributed by atoms with van der Waals surface area (Å²) in [5.74, 6) is 0.104. The van der Waals surface area contributed by atoms with Crippen LogP contribution in [0.1, 0.15) is 30.1 Å². The molecule has 0 bridgehead atoms. The molecule has 4 nitrogen and oxygen atoms in total. The number of hydrogen-bond donors (Lipinski definition) is 1. The minimum absolute atomic E-state index is 0.104. The van der Waals surface area contributed by atoms with E-state index in [1.54, 1.807) is 6.07 Å². The molecule has 2 heterocycles. The van der Waals surface area contributed by atoms with Crippen LogP contribution in [0.3, 0.4) is 0 Å². The van der Waals surface area contributed by atoms with Gasteiger partial charge in [-0.3, -0.25) is 0 Å². The average molecular weight is 255 g/mol. The summed E-state index contributed by atoms with van der Waals surface area (Å²) >= 11 is 0. The van der Waals surface area contributed by atoms with Gasteiger partial charge in [-0.1, -0.05) is 0 Å². The lowest BCUT2D eigenvalue weighted by molar-refractivity contribution is -0.141. The molecule has 0 radical (unpaired) electrons. The Morgan fingerprint density at radius 3 is 2.67 bits per heavy atom. The van der Waals surface area contributed by atoms with Crippen molar-refractivity contribution in [2.75, 3.05) is 0 Å². The second-order valence-corrected chi connectivity index (χ2v) is 4.26. The molecule has 1 N–H and O–H groups in total. The Morgan fingerprint density at radius 1 is 1.33 bits per heavy atom. The molecule has 0 spiro atoms. The Balaban J connectivity index is 2.10. The van der Waals surface area contributed by atoms with Crippen LogP contribution in [-0.4, -0.2) is 20.4 Å². The maximum absolute atomic E-state index is 12.8. The molecular weight excluding hydrogens is 245 g/mol. The highest BCUT2D eigenvalue weighted by Crippen LogP contribution is 2.41. The molecule has 0 saturated heterocycles. The number of aromatic nitrogens is 4. The smallest absolute Gasteiger partial charge is 0.248 e. The first-order valence-corrected chi connectivity index (χ1v) is 5.44. The van der Waals surface area contributed by atoms with Crippen LogP contribution < -0.4 is 0 Å². The van der Waals surface area contributed by atoms with Crippen molar-refractivity contribution in [3.8, 4) is 11.3 Å². The molecular formula is C11H9F3N4. The lowest BCUT2D eigenvalue weighted by atomic mass is 10.1. The van der Waals surface area contributed by atoms with Crippen LogP contribution in [0.15, 0.2) is 18.3 Å². The summed E-state index contributed by atoms with van der Waals surface area (Å²) < 4.78 is 45.6. The van der Waals surface area contributed by atoms with Crippen LogP contribution >= 0.6 is 0 Å². The van der Waals surface area contributed by atoms with Gasteiger partial charge in [-0.25, -0.2) is 4.98 Å². The third kappa shape index (κ3) is 2.07. The maximum atomic E-state index is 12.8. The summed E-state index contributed by atoms with van der Waals surface area (Å²) in [6, 6.07) is 2.53. The van der Waals surface area contributed by atoms with Crippen LogP contribution in [0.4, 0.5) is 13.2 Å². The quantitative estimate of drug-likeness (QED) is 0.897. The van der Waals surface area contributed by atoms with Crippen molar-refractivity contribution in [2.24, 2.45) is 0 Å². The van der Waals surface area contributed by atoms with Gasteiger partial charge in [-0.15, -0.1) is 0 Å². The molecule has 2 aromatic heterocycles. The summed E-state index contributed by atoms with van der Waals surface area (Å²) in [4.78, 5) is 3.67. The summed E-state index contributed by atoms with van der Waals surface area (Å²) in [5.41, 5.74) is 0.0447. The third-order valence-electron chi connectivity index (χ3n) is 2.81. The first kappa shape index (κ1) is 10.0. The molecule has 1 fully saturated rings. The Labute approximate surface area is 102 Å². The molecule has 0 unspecified atom stereocenters. The number of rotatable bonds is 2. The Morgan fingerprint density at radius 2 is 2.11 bits per heavy atom. The van der Waals surface area contributed by atoms with E-state index in [-0.39, 0.29) is 11.6 Å². The molecule has 0 aromatic carbocycles. The van der Waals surface area contributed by atoms with Gasteiger partial charge in [0.15, 0.2) is 0 Å². The van der Waals surface area contributed by atoms with Crippen molar-refractivity contribution in [1.29, 1.82) is 0 Å². The van der Waals surface area contributed by atoms with Crippen molar-refractivity contribution in [3.05, 3.63) is 29.7 Å². The zero-order chi connectivity index (χ0) is 13.6. The van der Waals surface area contributed by atoms with E-state index in [0.29, 0.717) is 16.5 Å². The number of halogens is 3. The summed E-state index contributed by atoms with van der Waals surface area (Å²) in [6.45, 7) is 0. The fourth-order valence-corrected chi connectivity index (χ4v) is 1.75. The zero-order valence-corrected chi connectivity index (χ0v) is 9.15. The van der Waals surface area contributed by atoms with Crippen molar-refractivity contribution in [1.82, 2.24) is 20.4 Å². The van der Waals surface area contributed by atoms with Gasteiger partial charge in [0.2, 0.25) is 1.41 Å². The van der Waals surface area contributed by atoms with Crippen molar-refractivity contribution < 1.29 is 14.6 Å². The fraction of sp³-hybridized carbons (Fsp3) is 0.364. The number of alkyl halides is 3. The van der Waals surface area contributed by atoms with E-state index in [4.69, 9.17) is 1.41 Å². The number of hydrogen-bond acceptors (Lipinski definition) is 3. The topological polar surface area (TPSA) is 54.5 Å². The van der Waals surface area contributed by atoms with Gasteiger partial charge in [0.1, 0.15) is 11.4 Å². The predicted octanol–water partition coefficient (Wildman–Crippen LogP) is 2.76. The highest BCUT2D eigenvalue weighted by Gasteiger charge is 2.35. The summed E-state index contributed by atoms with van der Waals surface area (Å²) in [6.07, 6.45) is -1.51. The van der Waals surface area contributed by atoms with Gasteiger partial charge in [-0.05, 0) is 25.0 Å². The monoisotopic (exact) mass is 255 g/mol. The Hall–Kier alpha value is -1.92. The SMILES string of the molecule is [2H]n1ncc(-c2cc(C3CC3)nc(C(F)(F)F)c2)n1. The van der Waals surface area contributed by atoms with E-state index in [1.165, 1.54) is 6.20 Å². The predicted molar refractivity (Wildman–Crippen MR) is 56.6 cm³/mol. The van der Waals surface area contributed by atoms with Crippen LogP contribution in [0.2, 0.25) is 1.41 Å². The van der Waals surface area contributed by atoms with E-state index in [1.807, 2.05) is 0 Å². The maximum Gasteiger partial charge on any atom is 0.433 e. The zero-order valence-electron chi connectivity index (χ0n) is 10.1. The molecule has 1 aliphatic carbocycles. The second-order valence-electron chi connectivity index (χ2n) is 4.26. The molecule has 0 aliphatic heterocycles. The molecule has 1 aliphatic rings. The average Bonchev–Trinajstić information content (AvgIpc) is 3.10. The number of H-pyrrole nitrogens is 1. The lowest BCUT2D eigenvalue weighted by Gasteiger charge is -2.09. The van der Waals surface area contributed by atoms with Crippen molar-refractivity contribution in [3.63, 3.8) is 0 Å². The molecule has 1 saturated carbocycles. The minimum Gasteiger partial charge on any atom is -0.248 e. The van der Waals surface area contributed by atoms with Gasteiger partial charge in [0.25, 0.3) is 0 Å². The largest absolute Gasteiger partial charge is 0.433 e. The Kier molecular flexibility index (Phi) is 2.12. The van der Waals surface area contributed by atoms with Gasteiger partial charge in [0.05, 0.1) is 6.20 Å². The molecule has 2 aromatic rings. The van der Waals surface area contributed by atoms with Crippen LogP contribution in [0, 0.1) is 0 Å². The molecule has 3 rings (SSSR count). The van der Waals surface area contributed by atoms with Gasteiger partial charge < -0.3 is 0 Å². The summed E-state index contributed by atoms with van der Waals surface area (Å²) in [7, 11) is 0. The Bertz CT molecular complexity index is 619. The first-order chi connectivity index (χ1) is 8.93. The highest BCUT2D eigenvalue weighted by molar-refractivity contribution is 5.59. The molecule has 0 amide bonds. The fourth-order valence-electron chi connectivity index (χ4n) is 1.75. The molecule has 7 heteroatoms. The number of nitrogens with zero attached hydrogens (tertiary/aromatic N) is 3. The molecule has 18 heavy (non-hydrogen) atoms. The van der Waals surface area contributed by atoms with Crippen LogP contribution in [0.25, 0.3) is 11.3 Å². The van der Waals surface area contributed by atoms with Gasteiger partial charge >= 0.3 is 6.18 Å². The van der Waals surface area contributed by atoms with Gasteiger partial charge in [-0.2, -0.15) is 28.6 Å². The van der Waals surface area contributed by atoms with E-state index in [2.05, 4.69) is 15.2 Å². The minimum atomic E-state index is -4.49. The number of aromatic amines is 1. The molecule has 0 atom stereocenters.